The Morgan fingerprint density at radius 2 is 2.09 bits per heavy atom. The Balaban J connectivity index is 2.25. The van der Waals surface area contributed by atoms with E-state index in [-0.39, 0.29) is 12.5 Å². The van der Waals surface area contributed by atoms with Crippen molar-refractivity contribution in [2.45, 2.75) is 32.9 Å². The third-order valence-electron chi connectivity index (χ3n) is 3.99. The summed E-state index contributed by atoms with van der Waals surface area (Å²) in [5.74, 6) is -0.934. The predicted octanol–water partition coefficient (Wildman–Crippen LogP) is 0.512. The maximum Gasteiger partial charge on any atom is 0.254 e. The molecule has 7 heteroatoms. The van der Waals surface area contributed by atoms with Crippen molar-refractivity contribution in [3.63, 3.8) is 0 Å². The smallest absolute Gasteiger partial charge is 0.254 e. The number of nitrogens with one attached hydrogen (secondary N) is 1. The molecule has 0 radical (unpaired) electrons. The van der Waals surface area contributed by atoms with E-state index in [4.69, 9.17) is 5.73 Å². The molecule has 1 unspecified atom stereocenters. The average molecular weight is 303 g/mol. The SMILES string of the molecule is Cc1cc(C(=O)NC(C)(Cn2cccn2)C(N)=O)c(C)n1C. The Labute approximate surface area is 129 Å². The highest BCUT2D eigenvalue weighted by Crippen LogP contribution is 2.15. The topological polar surface area (TPSA) is 94.9 Å². The molecule has 0 aliphatic heterocycles. The Kier molecular flexibility index (Phi) is 4.07. The molecule has 118 valence electrons. The van der Waals surface area contributed by atoms with E-state index in [2.05, 4.69) is 10.4 Å². The Morgan fingerprint density at radius 1 is 1.41 bits per heavy atom. The summed E-state index contributed by atoms with van der Waals surface area (Å²) in [7, 11) is 1.89. The van der Waals surface area contributed by atoms with Gasteiger partial charge in [0.05, 0.1) is 12.1 Å². The van der Waals surface area contributed by atoms with E-state index in [1.165, 1.54) is 0 Å². The number of amides is 2. The van der Waals surface area contributed by atoms with Crippen molar-refractivity contribution in [2.24, 2.45) is 12.8 Å². The Bertz CT molecular complexity index is 702. The van der Waals surface area contributed by atoms with Crippen LogP contribution in [-0.4, -0.2) is 31.7 Å². The maximum absolute atomic E-state index is 12.5. The molecule has 2 rings (SSSR count). The van der Waals surface area contributed by atoms with Crippen LogP contribution in [0, 0.1) is 13.8 Å². The Morgan fingerprint density at radius 3 is 2.55 bits per heavy atom. The van der Waals surface area contributed by atoms with Crippen molar-refractivity contribution in [1.29, 1.82) is 0 Å². The van der Waals surface area contributed by atoms with E-state index >= 15 is 0 Å². The molecule has 0 aromatic carbocycles. The molecule has 0 spiro atoms. The molecule has 0 saturated heterocycles. The van der Waals surface area contributed by atoms with Gasteiger partial charge in [0, 0.05) is 30.8 Å². The molecule has 0 aliphatic rings. The minimum Gasteiger partial charge on any atom is -0.368 e. The fourth-order valence-electron chi connectivity index (χ4n) is 2.30. The van der Waals surface area contributed by atoms with Crippen LogP contribution in [0.5, 0.6) is 0 Å². The zero-order valence-corrected chi connectivity index (χ0v) is 13.3. The van der Waals surface area contributed by atoms with Crippen molar-refractivity contribution in [2.75, 3.05) is 0 Å². The van der Waals surface area contributed by atoms with Gasteiger partial charge in [0.2, 0.25) is 5.91 Å². The minimum atomic E-state index is -1.22. The van der Waals surface area contributed by atoms with Gasteiger partial charge in [-0.3, -0.25) is 14.3 Å². The standard InChI is InChI=1S/C15H21N5O2/c1-10-8-12(11(2)19(10)4)13(21)18-15(3,14(16)22)9-20-7-5-6-17-20/h5-8H,9H2,1-4H3,(H2,16,22)(H,18,21). The second-order valence-electron chi connectivity index (χ2n) is 5.70. The predicted molar refractivity (Wildman–Crippen MR) is 82.2 cm³/mol. The van der Waals surface area contributed by atoms with Crippen molar-refractivity contribution in [3.05, 3.63) is 41.5 Å². The fraction of sp³-hybridized carbons (Fsp3) is 0.400. The van der Waals surface area contributed by atoms with Crippen LogP contribution in [0.2, 0.25) is 0 Å². The average Bonchev–Trinajstić information content (AvgIpc) is 3.02. The summed E-state index contributed by atoms with van der Waals surface area (Å²) < 4.78 is 3.48. The van der Waals surface area contributed by atoms with E-state index in [0.29, 0.717) is 5.56 Å². The third-order valence-corrected chi connectivity index (χ3v) is 3.99. The first-order valence-corrected chi connectivity index (χ1v) is 6.97. The number of carbonyl (C=O) groups excluding carboxylic acids is 2. The van der Waals surface area contributed by atoms with Crippen molar-refractivity contribution in [1.82, 2.24) is 19.7 Å². The number of nitrogens with two attached hydrogens (primary N) is 1. The number of primary amides is 1. The van der Waals surface area contributed by atoms with Gasteiger partial charge in [0.1, 0.15) is 5.54 Å². The van der Waals surface area contributed by atoms with Crippen LogP contribution in [0.4, 0.5) is 0 Å². The van der Waals surface area contributed by atoms with Crippen LogP contribution in [0.3, 0.4) is 0 Å². The molecular weight excluding hydrogens is 282 g/mol. The summed E-state index contributed by atoms with van der Waals surface area (Å²) in [6.07, 6.45) is 3.32. The lowest BCUT2D eigenvalue weighted by Gasteiger charge is -2.27. The third kappa shape index (κ3) is 2.88. The number of aromatic nitrogens is 3. The second kappa shape index (κ2) is 5.67. The molecule has 0 bridgehead atoms. The number of aryl methyl sites for hydroxylation is 1. The first kappa shape index (κ1) is 15.8. The molecule has 0 aliphatic carbocycles. The van der Waals surface area contributed by atoms with Gasteiger partial charge < -0.3 is 15.6 Å². The highest BCUT2D eigenvalue weighted by Gasteiger charge is 2.34. The van der Waals surface area contributed by atoms with Crippen molar-refractivity contribution < 1.29 is 9.59 Å². The maximum atomic E-state index is 12.5. The summed E-state index contributed by atoms with van der Waals surface area (Å²) in [6.45, 7) is 5.55. The highest BCUT2D eigenvalue weighted by molar-refractivity contribution is 5.99. The zero-order chi connectivity index (χ0) is 16.5. The number of hydrogen-bond donors (Lipinski definition) is 2. The molecule has 0 fully saturated rings. The molecule has 2 amide bonds. The molecule has 0 saturated carbocycles. The Hall–Kier alpha value is -2.57. The minimum absolute atomic E-state index is 0.173. The molecule has 22 heavy (non-hydrogen) atoms. The summed E-state index contributed by atoms with van der Waals surface area (Å²) in [5.41, 5.74) is 6.60. The van der Waals surface area contributed by atoms with Crippen molar-refractivity contribution >= 4 is 11.8 Å². The lowest BCUT2D eigenvalue weighted by molar-refractivity contribution is -0.124. The van der Waals surface area contributed by atoms with Crippen LogP contribution in [0.1, 0.15) is 28.7 Å². The quantitative estimate of drug-likeness (QED) is 0.842. The normalized spacial score (nSPS) is 13.6. The summed E-state index contributed by atoms with van der Waals surface area (Å²) in [5, 5.41) is 6.79. The lowest BCUT2D eigenvalue weighted by atomic mass is 10.0. The largest absolute Gasteiger partial charge is 0.368 e. The molecule has 2 heterocycles. The molecular formula is C15H21N5O2. The molecule has 2 aromatic rings. The highest BCUT2D eigenvalue weighted by atomic mass is 16.2. The van der Waals surface area contributed by atoms with Gasteiger partial charge in [-0.1, -0.05) is 0 Å². The first-order chi connectivity index (χ1) is 10.2. The number of carbonyl (C=O) groups is 2. The summed E-state index contributed by atoms with van der Waals surface area (Å²) >= 11 is 0. The van der Waals surface area contributed by atoms with E-state index in [9.17, 15) is 9.59 Å². The van der Waals surface area contributed by atoms with E-state index in [0.717, 1.165) is 11.4 Å². The van der Waals surface area contributed by atoms with Crippen LogP contribution in [-0.2, 0) is 18.4 Å². The number of nitrogens with zero attached hydrogens (tertiary/aromatic N) is 3. The van der Waals surface area contributed by atoms with Crippen molar-refractivity contribution in [3.8, 4) is 0 Å². The van der Waals surface area contributed by atoms with Gasteiger partial charge in [0.15, 0.2) is 0 Å². The molecule has 2 aromatic heterocycles. The van der Waals surface area contributed by atoms with E-state index in [1.807, 2.05) is 25.5 Å². The lowest BCUT2D eigenvalue weighted by Crippen LogP contribution is -2.58. The molecule has 3 N–H and O–H groups in total. The van der Waals surface area contributed by atoms with Crippen LogP contribution < -0.4 is 11.1 Å². The van der Waals surface area contributed by atoms with Gasteiger partial charge in [0.25, 0.3) is 5.91 Å². The fourth-order valence-corrected chi connectivity index (χ4v) is 2.30. The van der Waals surface area contributed by atoms with Crippen LogP contribution >= 0.6 is 0 Å². The first-order valence-electron chi connectivity index (χ1n) is 6.97. The second-order valence-corrected chi connectivity index (χ2v) is 5.70. The van der Waals surface area contributed by atoms with E-state index < -0.39 is 11.4 Å². The zero-order valence-electron chi connectivity index (χ0n) is 13.3. The van der Waals surface area contributed by atoms with Gasteiger partial charge in [-0.2, -0.15) is 5.10 Å². The number of rotatable bonds is 5. The van der Waals surface area contributed by atoms with Gasteiger partial charge in [-0.15, -0.1) is 0 Å². The molecule has 7 nitrogen and oxygen atoms in total. The van der Waals surface area contributed by atoms with E-state index in [1.54, 1.807) is 36.1 Å². The number of hydrogen-bond acceptors (Lipinski definition) is 3. The van der Waals surface area contributed by atoms with Crippen LogP contribution in [0.15, 0.2) is 24.5 Å². The summed E-state index contributed by atoms with van der Waals surface area (Å²) in [6, 6.07) is 3.54. The molecule has 1 atom stereocenters. The van der Waals surface area contributed by atoms with Gasteiger partial charge in [-0.25, -0.2) is 0 Å². The van der Waals surface area contributed by atoms with Gasteiger partial charge >= 0.3 is 0 Å². The van der Waals surface area contributed by atoms with Crippen LogP contribution in [0.25, 0.3) is 0 Å². The monoisotopic (exact) mass is 303 g/mol. The van der Waals surface area contributed by atoms with Gasteiger partial charge in [-0.05, 0) is 32.9 Å². The summed E-state index contributed by atoms with van der Waals surface area (Å²) in [4.78, 5) is 24.4.